The van der Waals surface area contributed by atoms with E-state index in [2.05, 4.69) is 20.9 Å². The van der Waals surface area contributed by atoms with Crippen LogP contribution in [0.2, 0.25) is 5.02 Å². The summed E-state index contributed by atoms with van der Waals surface area (Å²) in [6, 6.07) is 5.21. The molecule has 34 heavy (non-hydrogen) atoms. The van der Waals surface area contributed by atoms with Crippen LogP contribution in [0.3, 0.4) is 0 Å². The molecule has 2 atom stereocenters. The van der Waals surface area contributed by atoms with Gasteiger partial charge in [0.2, 0.25) is 5.91 Å². The molecular weight excluding hydrogens is 468 g/mol. The molecule has 4 aliphatic carbocycles. The molecule has 0 spiro atoms. The zero-order valence-corrected chi connectivity index (χ0v) is 21.4. The number of pyridine rings is 1. The van der Waals surface area contributed by atoms with Gasteiger partial charge in [-0.2, -0.15) is 0 Å². The first-order chi connectivity index (χ1) is 16.3. The quantitative estimate of drug-likeness (QED) is 0.417. The van der Waals surface area contributed by atoms with Gasteiger partial charge >= 0.3 is 0 Å². The Balaban J connectivity index is 1.23. The molecule has 3 N–H and O–H groups in total. The molecule has 0 aliphatic heterocycles. The number of hydrogen-bond acceptors (Lipinski definition) is 5. The first kappa shape index (κ1) is 23.6. The molecule has 0 aromatic carbocycles. The second-order valence-corrected chi connectivity index (χ2v) is 12.1. The molecule has 1 unspecified atom stereocenters. The molecule has 2 amide bonds. The van der Waals surface area contributed by atoms with Crippen LogP contribution in [0.25, 0.3) is 0 Å². The van der Waals surface area contributed by atoms with Gasteiger partial charge in [-0.1, -0.05) is 37.3 Å². The normalized spacial score (nSPS) is 25.1. The molecule has 0 saturated heterocycles. The number of hydrogen-bond donors (Lipinski definition) is 3. The third-order valence-corrected chi connectivity index (χ3v) is 9.27. The van der Waals surface area contributed by atoms with Crippen LogP contribution in [0, 0.1) is 18.8 Å². The summed E-state index contributed by atoms with van der Waals surface area (Å²) in [7, 11) is 0. The highest BCUT2D eigenvalue weighted by atomic mass is 35.5. The van der Waals surface area contributed by atoms with E-state index < -0.39 is 6.04 Å². The maximum atomic E-state index is 13.2. The number of aromatic nitrogens is 1. The molecule has 2 heterocycles. The van der Waals surface area contributed by atoms with Gasteiger partial charge in [-0.15, -0.1) is 11.3 Å². The number of anilines is 1. The predicted molar refractivity (Wildman–Crippen MR) is 136 cm³/mol. The Morgan fingerprint density at radius 2 is 1.97 bits per heavy atom. The van der Waals surface area contributed by atoms with E-state index in [1.54, 1.807) is 6.20 Å². The van der Waals surface area contributed by atoms with Crippen molar-refractivity contribution >= 4 is 40.4 Å². The van der Waals surface area contributed by atoms with Gasteiger partial charge in [-0.3, -0.25) is 14.6 Å². The third kappa shape index (κ3) is 4.96. The zero-order valence-electron chi connectivity index (χ0n) is 19.8. The van der Waals surface area contributed by atoms with Crippen molar-refractivity contribution in [1.29, 1.82) is 0 Å². The Labute approximate surface area is 210 Å². The van der Waals surface area contributed by atoms with E-state index in [0.29, 0.717) is 15.8 Å². The zero-order chi connectivity index (χ0) is 23.9. The van der Waals surface area contributed by atoms with E-state index >= 15 is 0 Å². The Morgan fingerprint density at radius 3 is 2.65 bits per heavy atom. The van der Waals surface area contributed by atoms with Gasteiger partial charge in [0.05, 0.1) is 27.3 Å². The van der Waals surface area contributed by atoms with Gasteiger partial charge in [0.1, 0.15) is 6.04 Å². The van der Waals surface area contributed by atoms with E-state index in [9.17, 15) is 9.59 Å². The van der Waals surface area contributed by atoms with Crippen molar-refractivity contribution in [2.24, 2.45) is 11.8 Å². The summed E-state index contributed by atoms with van der Waals surface area (Å²) in [6.07, 6.45) is 10.4. The van der Waals surface area contributed by atoms with Gasteiger partial charge < -0.3 is 16.0 Å². The molecule has 2 aromatic rings. The molecule has 0 radical (unpaired) electrons. The Hall–Kier alpha value is -2.12. The number of carbonyl (C=O) groups is 2. The lowest BCUT2D eigenvalue weighted by Gasteiger charge is -2.62. The van der Waals surface area contributed by atoms with Crippen LogP contribution >= 0.6 is 22.9 Å². The number of halogens is 1. The van der Waals surface area contributed by atoms with Crippen molar-refractivity contribution in [3.63, 3.8) is 0 Å². The summed E-state index contributed by atoms with van der Waals surface area (Å²) in [6.45, 7) is 3.98. The van der Waals surface area contributed by atoms with Crippen molar-refractivity contribution < 1.29 is 9.59 Å². The van der Waals surface area contributed by atoms with Crippen molar-refractivity contribution in [1.82, 2.24) is 15.6 Å². The smallest absolute Gasteiger partial charge is 0.262 e. The van der Waals surface area contributed by atoms with Crippen LogP contribution in [0.1, 0.15) is 84.6 Å². The lowest BCUT2D eigenvalue weighted by molar-refractivity contribution is -0.135. The molecule has 182 valence electrons. The standard InChI is InChI=1S/C26H33ClN4O2S/c1-15-20(10-19(27)14-28-15)29-16(2)22-7-8-23(34-22)25(33)30-21(9-17-5-3-4-6-17)24(32)31-26-11-18(12-26)13-26/h7-8,10,14,16-18,21,29H,3-6,9,11-13H2,1-2H3,(H,30,33)(H,31,32)/t16?,18?,21-,26?/m0/s1. The van der Waals surface area contributed by atoms with E-state index in [-0.39, 0.29) is 23.4 Å². The van der Waals surface area contributed by atoms with Gasteiger partial charge in [-0.25, -0.2) is 0 Å². The topological polar surface area (TPSA) is 83.1 Å². The molecule has 4 aliphatic rings. The molecule has 2 aromatic heterocycles. The van der Waals surface area contributed by atoms with Gasteiger partial charge in [0.15, 0.2) is 0 Å². The van der Waals surface area contributed by atoms with Crippen molar-refractivity contribution in [3.8, 4) is 0 Å². The fourth-order valence-corrected chi connectivity index (χ4v) is 6.76. The Kier molecular flexibility index (Phi) is 6.60. The number of amides is 2. The highest BCUT2D eigenvalue weighted by Crippen LogP contribution is 2.57. The molecular formula is C26H33ClN4O2S. The van der Waals surface area contributed by atoms with Gasteiger partial charge in [0.25, 0.3) is 5.91 Å². The van der Waals surface area contributed by atoms with Crippen LogP contribution in [0.4, 0.5) is 5.69 Å². The lowest BCUT2D eigenvalue weighted by atomic mass is 9.50. The molecule has 6 rings (SSSR count). The van der Waals surface area contributed by atoms with Crippen LogP contribution in [0.15, 0.2) is 24.4 Å². The average Bonchev–Trinajstić information content (AvgIpc) is 3.44. The highest BCUT2D eigenvalue weighted by molar-refractivity contribution is 7.14. The fourth-order valence-electron chi connectivity index (χ4n) is 5.69. The summed E-state index contributed by atoms with van der Waals surface area (Å²) in [5.74, 6) is 1.14. The first-order valence-electron chi connectivity index (χ1n) is 12.4. The first-order valence-corrected chi connectivity index (χ1v) is 13.6. The maximum Gasteiger partial charge on any atom is 0.262 e. The SMILES string of the molecule is Cc1ncc(Cl)cc1NC(C)c1ccc(C(=O)N[C@@H](CC2CCCC2)C(=O)NC23CC(C2)C3)s1. The molecule has 4 fully saturated rings. The van der Waals surface area contributed by atoms with Crippen LogP contribution in [0.5, 0.6) is 0 Å². The van der Waals surface area contributed by atoms with Gasteiger partial charge in [-0.05, 0) is 69.6 Å². The third-order valence-electron chi connectivity index (χ3n) is 7.80. The lowest BCUT2D eigenvalue weighted by Crippen LogP contribution is -2.70. The second-order valence-electron chi connectivity index (χ2n) is 10.5. The summed E-state index contributed by atoms with van der Waals surface area (Å²) >= 11 is 7.55. The van der Waals surface area contributed by atoms with E-state index in [1.807, 2.05) is 32.0 Å². The summed E-state index contributed by atoms with van der Waals surface area (Å²) in [4.78, 5) is 32.3. The predicted octanol–water partition coefficient (Wildman–Crippen LogP) is 5.63. The van der Waals surface area contributed by atoms with E-state index in [4.69, 9.17) is 11.6 Å². The van der Waals surface area contributed by atoms with Crippen LogP contribution in [-0.2, 0) is 4.79 Å². The second kappa shape index (κ2) is 9.50. The summed E-state index contributed by atoms with van der Waals surface area (Å²) < 4.78 is 0. The molecule has 2 bridgehead atoms. The van der Waals surface area contributed by atoms with Crippen molar-refractivity contribution in [3.05, 3.63) is 44.9 Å². The Morgan fingerprint density at radius 1 is 1.24 bits per heavy atom. The van der Waals surface area contributed by atoms with E-state index in [1.165, 1.54) is 24.2 Å². The summed E-state index contributed by atoms with van der Waals surface area (Å²) in [5, 5.41) is 10.4. The summed E-state index contributed by atoms with van der Waals surface area (Å²) in [5.41, 5.74) is 1.77. The van der Waals surface area contributed by atoms with Crippen LogP contribution in [-0.4, -0.2) is 28.4 Å². The minimum Gasteiger partial charge on any atom is -0.376 e. The largest absolute Gasteiger partial charge is 0.376 e. The van der Waals surface area contributed by atoms with Crippen molar-refractivity contribution in [2.45, 2.75) is 82.8 Å². The number of nitrogens with zero attached hydrogens (tertiary/aromatic N) is 1. The molecule has 6 nitrogen and oxygen atoms in total. The van der Waals surface area contributed by atoms with Crippen molar-refractivity contribution in [2.75, 3.05) is 5.32 Å². The number of nitrogens with one attached hydrogen (secondary N) is 3. The monoisotopic (exact) mass is 500 g/mol. The Bertz CT molecular complexity index is 1060. The minimum absolute atomic E-state index is 0.00542. The number of thiophene rings is 1. The molecule has 8 heteroatoms. The number of carbonyl (C=O) groups excluding carboxylic acids is 2. The van der Waals surface area contributed by atoms with E-state index in [0.717, 1.165) is 60.7 Å². The molecule has 4 saturated carbocycles. The van der Waals surface area contributed by atoms with Crippen LogP contribution < -0.4 is 16.0 Å². The average molecular weight is 501 g/mol. The fraction of sp³-hybridized carbons (Fsp3) is 0.577. The number of aryl methyl sites for hydroxylation is 1. The van der Waals surface area contributed by atoms with Gasteiger partial charge in [0, 0.05) is 16.6 Å². The minimum atomic E-state index is -0.467. The maximum absolute atomic E-state index is 13.2. The number of rotatable bonds is 9. The highest BCUT2D eigenvalue weighted by Gasteiger charge is 2.57.